The number of aromatic nitrogens is 2. The van der Waals surface area contributed by atoms with Gasteiger partial charge in [-0.25, -0.2) is 9.78 Å². The van der Waals surface area contributed by atoms with Gasteiger partial charge in [-0.3, -0.25) is 4.79 Å². The van der Waals surface area contributed by atoms with Crippen LogP contribution in [0.1, 0.15) is 51.4 Å². The lowest BCUT2D eigenvalue weighted by Crippen LogP contribution is -2.23. The Kier molecular flexibility index (Phi) is 9.28. The van der Waals surface area contributed by atoms with E-state index in [1.54, 1.807) is 32.2 Å². The molecule has 1 heterocycles. The number of ether oxygens (including phenoxy) is 3. The number of fused-ring (bicyclic) bond motifs is 1. The van der Waals surface area contributed by atoms with Gasteiger partial charge in [-0.15, -0.1) is 0 Å². The summed E-state index contributed by atoms with van der Waals surface area (Å²) in [4.78, 5) is 29.9. The van der Waals surface area contributed by atoms with Crippen LogP contribution in [-0.2, 0) is 9.53 Å². The fourth-order valence-electron chi connectivity index (χ4n) is 3.29. The van der Waals surface area contributed by atoms with Crippen molar-refractivity contribution in [2.24, 2.45) is 5.10 Å². The van der Waals surface area contributed by atoms with Crippen molar-refractivity contribution >= 4 is 61.6 Å². The summed E-state index contributed by atoms with van der Waals surface area (Å²) in [7, 11) is 1.52. The van der Waals surface area contributed by atoms with E-state index in [4.69, 9.17) is 19.2 Å². The standard InChI is InChI=1S/C25H27BrIN3O5/c1-6-15(4)24-29-20-8-7-17(26)11-18(20)25(32)30(24)28-12-16-9-19(27)23(21(10-16)33-5)34-13-22(31)35-14(2)3/h7-12,14-15H,6,13H2,1-5H3/t15-/m1/s1. The summed E-state index contributed by atoms with van der Waals surface area (Å²) in [6.45, 7) is 7.38. The quantitative estimate of drug-likeness (QED) is 0.172. The van der Waals surface area contributed by atoms with Gasteiger partial charge in [0.1, 0.15) is 5.82 Å². The van der Waals surface area contributed by atoms with Crippen molar-refractivity contribution in [1.82, 2.24) is 9.66 Å². The molecule has 0 aliphatic carbocycles. The summed E-state index contributed by atoms with van der Waals surface area (Å²) in [6.07, 6.45) is 2.17. The molecule has 10 heteroatoms. The number of halogens is 2. The number of methoxy groups -OCH3 is 1. The molecule has 3 rings (SSSR count). The Hall–Kier alpha value is -2.47. The van der Waals surface area contributed by atoms with Crippen molar-refractivity contribution in [3.8, 4) is 11.5 Å². The Bertz CT molecular complexity index is 1320. The van der Waals surface area contributed by atoms with Crippen molar-refractivity contribution in [2.75, 3.05) is 13.7 Å². The predicted octanol–water partition coefficient (Wildman–Crippen LogP) is 5.50. The highest BCUT2D eigenvalue weighted by Crippen LogP contribution is 2.33. The van der Waals surface area contributed by atoms with E-state index in [-0.39, 0.29) is 24.2 Å². The molecule has 0 unspecified atom stereocenters. The molecule has 0 spiro atoms. The average molecular weight is 656 g/mol. The highest BCUT2D eigenvalue weighted by atomic mass is 127. The van der Waals surface area contributed by atoms with E-state index in [2.05, 4.69) is 43.6 Å². The number of hydrogen-bond acceptors (Lipinski definition) is 7. The molecule has 0 bridgehead atoms. The van der Waals surface area contributed by atoms with Gasteiger partial charge in [-0.05, 0) is 78.8 Å². The van der Waals surface area contributed by atoms with Crippen LogP contribution in [0.5, 0.6) is 11.5 Å². The van der Waals surface area contributed by atoms with Crippen molar-refractivity contribution in [3.05, 3.63) is 60.1 Å². The lowest BCUT2D eigenvalue weighted by molar-refractivity contribution is -0.149. The van der Waals surface area contributed by atoms with Gasteiger partial charge >= 0.3 is 5.97 Å². The van der Waals surface area contributed by atoms with Crippen molar-refractivity contribution in [1.29, 1.82) is 0 Å². The summed E-state index contributed by atoms with van der Waals surface area (Å²) in [5.41, 5.74) is 1.08. The second-order valence-electron chi connectivity index (χ2n) is 8.16. The van der Waals surface area contributed by atoms with E-state index in [9.17, 15) is 9.59 Å². The van der Waals surface area contributed by atoms with Gasteiger partial charge in [0.2, 0.25) is 0 Å². The molecule has 3 aromatic rings. The van der Waals surface area contributed by atoms with Gasteiger partial charge < -0.3 is 14.2 Å². The first-order chi connectivity index (χ1) is 16.6. The van der Waals surface area contributed by atoms with Gasteiger partial charge in [0.15, 0.2) is 18.1 Å². The van der Waals surface area contributed by atoms with Crippen LogP contribution in [0.3, 0.4) is 0 Å². The molecule has 186 valence electrons. The Labute approximate surface area is 225 Å². The number of carbonyl (C=O) groups is 1. The second kappa shape index (κ2) is 12.0. The van der Waals surface area contributed by atoms with Crippen LogP contribution in [0.2, 0.25) is 0 Å². The smallest absolute Gasteiger partial charge is 0.344 e. The monoisotopic (exact) mass is 655 g/mol. The van der Waals surface area contributed by atoms with Gasteiger partial charge in [-0.2, -0.15) is 9.78 Å². The minimum Gasteiger partial charge on any atom is -0.493 e. The van der Waals surface area contributed by atoms with Crippen LogP contribution < -0.4 is 15.0 Å². The molecule has 0 saturated carbocycles. The Morgan fingerprint density at radius 2 is 2.00 bits per heavy atom. The molecule has 0 aliphatic rings. The number of benzene rings is 2. The maximum atomic E-state index is 13.3. The number of rotatable bonds is 9. The van der Waals surface area contributed by atoms with E-state index in [1.807, 2.05) is 32.0 Å². The molecule has 0 amide bonds. The normalized spacial score (nSPS) is 12.3. The lowest BCUT2D eigenvalue weighted by Gasteiger charge is -2.15. The minimum atomic E-state index is -0.462. The van der Waals surface area contributed by atoms with Crippen LogP contribution >= 0.6 is 38.5 Å². The lowest BCUT2D eigenvalue weighted by atomic mass is 10.1. The maximum Gasteiger partial charge on any atom is 0.344 e. The van der Waals surface area contributed by atoms with E-state index in [0.717, 1.165) is 14.5 Å². The largest absolute Gasteiger partial charge is 0.493 e. The van der Waals surface area contributed by atoms with Crippen LogP contribution in [-0.4, -0.2) is 41.7 Å². The molecule has 1 atom stereocenters. The summed E-state index contributed by atoms with van der Waals surface area (Å²) in [6, 6.07) is 8.99. The van der Waals surface area contributed by atoms with Crippen LogP contribution in [0.4, 0.5) is 0 Å². The molecule has 8 nitrogen and oxygen atoms in total. The summed E-state index contributed by atoms with van der Waals surface area (Å²) < 4.78 is 19.1. The average Bonchev–Trinajstić information content (AvgIpc) is 2.81. The van der Waals surface area contributed by atoms with Gasteiger partial charge in [0.05, 0.1) is 33.9 Å². The highest BCUT2D eigenvalue weighted by Gasteiger charge is 2.17. The second-order valence-corrected chi connectivity index (χ2v) is 10.2. The zero-order chi connectivity index (χ0) is 25.7. The van der Waals surface area contributed by atoms with Crippen LogP contribution in [0.15, 0.2) is 44.7 Å². The molecule has 0 radical (unpaired) electrons. The van der Waals surface area contributed by atoms with Crippen molar-refractivity contribution in [2.45, 2.75) is 46.1 Å². The zero-order valence-electron chi connectivity index (χ0n) is 20.2. The van der Waals surface area contributed by atoms with Crippen molar-refractivity contribution in [3.63, 3.8) is 0 Å². The fourth-order valence-corrected chi connectivity index (χ4v) is 4.43. The first-order valence-electron chi connectivity index (χ1n) is 11.1. The first kappa shape index (κ1) is 27.1. The number of carbonyl (C=O) groups excluding carboxylic acids is 1. The third-order valence-corrected chi connectivity index (χ3v) is 6.46. The SMILES string of the molecule is CC[C@@H](C)c1nc2ccc(Br)cc2c(=O)n1N=Cc1cc(I)c(OCC(=O)OC(C)C)c(OC)c1. The fraction of sp³-hybridized carbons (Fsp3) is 0.360. The van der Waals surface area contributed by atoms with E-state index >= 15 is 0 Å². The summed E-state index contributed by atoms with van der Waals surface area (Å²) >= 11 is 5.52. The molecule has 0 N–H and O–H groups in total. The molecule has 2 aromatic carbocycles. The summed E-state index contributed by atoms with van der Waals surface area (Å²) in [5, 5.41) is 4.98. The molecule has 0 fully saturated rings. The molecular formula is C25H27BrIN3O5. The molecular weight excluding hydrogens is 629 g/mol. The first-order valence-corrected chi connectivity index (χ1v) is 13.0. The highest BCUT2D eigenvalue weighted by molar-refractivity contribution is 14.1. The van der Waals surface area contributed by atoms with E-state index in [0.29, 0.717) is 33.8 Å². The molecule has 35 heavy (non-hydrogen) atoms. The van der Waals surface area contributed by atoms with Crippen molar-refractivity contribution < 1.29 is 19.0 Å². The summed E-state index contributed by atoms with van der Waals surface area (Å²) in [5.74, 6) is 1.03. The maximum absolute atomic E-state index is 13.3. The van der Waals surface area contributed by atoms with E-state index in [1.165, 1.54) is 11.8 Å². The van der Waals surface area contributed by atoms with Gasteiger partial charge in [-0.1, -0.05) is 29.8 Å². The minimum absolute atomic E-state index is 0.0314. The third-order valence-electron chi connectivity index (χ3n) is 5.16. The van der Waals surface area contributed by atoms with Gasteiger partial charge in [0, 0.05) is 10.4 Å². The van der Waals surface area contributed by atoms with Crippen LogP contribution in [0, 0.1) is 3.57 Å². The number of nitrogens with zero attached hydrogens (tertiary/aromatic N) is 3. The van der Waals surface area contributed by atoms with Crippen LogP contribution in [0.25, 0.3) is 10.9 Å². The number of esters is 1. The zero-order valence-corrected chi connectivity index (χ0v) is 23.9. The Morgan fingerprint density at radius 1 is 1.26 bits per heavy atom. The predicted molar refractivity (Wildman–Crippen MR) is 148 cm³/mol. The Morgan fingerprint density at radius 3 is 2.66 bits per heavy atom. The Balaban J connectivity index is 1.99. The molecule has 0 aliphatic heterocycles. The topological polar surface area (TPSA) is 92.0 Å². The van der Waals surface area contributed by atoms with Gasteiger partial charge in [0.25, 0.3) is 5.56 Å². The van der Waals surface area contributed by atoms with E-state index < -0.39 is 5.97 Å². The molecule has 0 saturated heterocycles. The number of hydrogen-bond donors (Lipinski definition) is 0. The third kappa shape index (κ3) is 6.60. The molecule has 1 aromatic heterocycles.